The lowest BCUT2D eigenvalue weighted by Crippen LogP contribution is -1.92. The lowest BCUT2D eigenvalue weighted by atomic mass is 10.2. The summed E-state index contributed by atoms with van der Waals surface area (Å²) < 4.78 is 5.46. The number of aromatic nitrogens is 3. The number of hydrogen-bond donors (Lipinski definition) is 0. The summed E-state index contributed by atoms with van der Waals surface area (Å²) in [5.74, 6) is 1.04. The van der Waals surface area contributed by atoms with Crippen LogP contribution < -0.4 is 4.74 Å². The van der Waals surface area contributed by atoms with Crippen LogP contribution in [0.3, 0.4) is 0 Å². The van der Waals surface area contributed by atoms with E-state index in [0.717, 1.165) is 6.42 Å². The fraction of sp³-hybridized carbons (Fsp3) is 0.182. The molecule has 0 bridgehead atoms. The van der Waals surface area contributed by atoms with Gasteiger partial charge in [0.05, 0.1) is 0 Å². The Bertz CT molecular complexity index is 473. The molecule has 0 aliphatic carbocycles. The molecule has 82 valence electrons. The van der Waals surface area contributed by atoms with Crippen molar-refractivity contribution in [2.75, 3.05) is 0 Å². The van der Waals surface area contributed by atoms with Gasteiger partial charge in [-0.05, 0) is 35.7 Å². The number of halogens is 1. The predicted molar refractivity (Wildman–Crippen MR) is 60.7 cm³/mol. The average Bonchev–Trinajstić information content (AvgIpc) is 2.30. The zero-order valence-electron chi connectivity index (χ0n) is 8.72. The van der Waals surface area contributed by atoms with E-state index in [4.69, 9.17) is 16.3 Å². The molecule has 0 amide bonds. The molecular weight excluding hydrogens is 226 g/mol. The van der Waals surface area contributed by atoms with E-state index in [1.165, 1.54) is 11.8 Å². The summed E-state index contributed by atoms with van der Waals surface area (Å²) in [6, 6.07) is 7.78. The molecule has 1 heterocycles. The van der Waals surface area contributed by atoms with Gasteiger partial charge in [0.2, 0.25) is 11.2 Å². The standard InChI is InChI=1S/C11H10ClN3O/c1-2-8-3-5-9(6-4-8)16-10-7-13-15-11(12)14-10/h3-7H,2H2,1H3. The SMILES string of the molecule is CCc1ccc(Oc2cnnc(Cl)n2)cc1. The third kappa shape index (κ3) is 2.67. The van der Waals surface area contributed by atoms with Crippen LogP contribution in [0.15, 0.2) is 30.5 Å². The second kappa shape index (κ2) is 4.90. The van der Waals surface area contributed by atoms with Crippen LogP contribution in [0.1, 0.15) is 12.5 Å². The van der Waals surface area contributed by atoms with Gasteiger partial charge < -0.3 is 4.74 Å². The number of hydrogen-bond acceptors (Lipinski definition) is 4. The lowest BCUT2D eigenvalue weighted by molar-refractivity contribution is 0.457. The maximum absolute atomic E-state index is 5.59. The molecule has 0 saturated carbocycles. The van der Waals surface area contributed by atoms with Crippen LogP contribution in [0.2, 0.25) is 5.28 Å². The van der Waals surface area contributed by atoms with E-state index in [9.17, 15) is 0 Å². The zero-order chi connectivity index (χ0) is 11.4. The van der Waals surface area contributed by atoms with E-state index in [1.807, 2.05) is 24.3 Å². The van der Waals surface area contributed by atoms with Gasteiger partial charge in [0.25, 0.3) is 0 Å². The molecule has 0 radical (unpaired) electrons. The predicted octanol–water partition coefficient (Wildman–Crippen LogP) is 2.88. The van der Waals surface area contributed by atoms with Crippen LogP contribution in [0.5, 0.6) is 11.6 Å². The number of rotatable bonds is 3. The maximum Gasteiger partial charge on any atom is 0.246 e. The molecule has 0 spiro atoms. The maximum atomic E-state index is 5.59. The summed E-state index contributed by atoms with van der Waals surface area (Å²) in [7, 11) is 0. The van der Waals surface area contributed by atoms with Gasteiger partial charge in [0, 0.05) is 0 Å². The molecule has 0 aliphatic heterocycles. The summed E-state index contributed by atoms with van der Waals surface area (Å²) in [6.07, 6.45) is 2.42. The van der Waals surface area contributed by atoms with E-state index in [2.05, 4.69) is 22.1 Å². The Kier molecular flexibility index (Phi) is 3.31. The smallest absolute Gasteiger partial charge is 0.246 e. The Labute approximate surface area is 98.3 Å². The zero-order valence-corrected chi connectivity index (χ0v) is 9.48. The largest absolute Gasteiger partial charge is 0.437 e. The molecule has 0 atom stereocenters. The summed E-state index contributed by atoms with van der Waals surface area (Å²) in [4.78, 5) is 3.88. The Morgan fingerprint density at radius 1 is 1.25 bits per heavy atom. The van der Waals surface area contributed by atoms with Gasteiger partial charge >= 0.3 is 0 Å². The molecular formula is C11H10ClN3O. The van der Waals surface area contributed by atoms with E-state index >= 15 is 0 Å². The summed E-state index contributed by atoms with van der Waals surface area (Å²) in [5.41, 5.74) is 1.26. The Morgan fingerprint density at radius 2 is 2.00 bits per heavy atom. The second-order valence-electron chi connectivity index (χ2n) is 3.16. The highest BCUT2D eigenvalue weighted by atomic mass is 35.5. The number of nitrogens with zero attached hydrogens (tertiary/aromatic N) is 3. The van der Waals surface area contributed by atoms with Crippen molar-refractivity contribution in [1.82, 2.24) is 15.2 Å². The number of benzene rings is 1. The van der Waals surface area contributed by atoms with Gasteiger partial charge in [0.15, 0.2) is 0 Å². The Hall–Kier alpha value is -1.68. The first kappa shape index (κ1) is 10.8. The van der Waals surface area contributed by atoms with Crippen LogP contribution in [0.25, 0.3) is 0 Å². The van der Waals surface area contributed by atoms with E-state index in [-0.39, 0.29) is 5.28 Å². The van der Waals surface area contributed by atoms with Crippen LogP contribution in [-0.2, 0) is 6.42 Å². The van der Waals surface area contributed by atoms with Crippen molar-refractivity contribution in [2.24, 2.45) is 0 Å². The van der Waals surface area contributed by atoms with Gasteiger partial charge in [-0.3, -0.25) is 0 Å². The molecule has 2 aromatic rings. The highest BCUT2D eigenvalue weighted by molar-refractivity contribution is 6.28. The topological polar surface area (TPSA) is 47.9 Å². The highest BCUT2D eigenvalue weighted by Crippen LogP contribution is 2.19. The lowest BCUT2D eigenvalue weighted by Gasteiger charge is -2.04. The minimum absolute atomic E-state index is 0.0719. The van der Waals surface area contributed by atoms with Gasteiger partial charge in [0.1, 0.15) is 11.9 Å². The van der Waals surface area contributed by atoms with Crippen LogP contribution >= 0.6 is 11.6 Å². The third-order valence-corrected chi connectivity index (χ3v) is 2.23. The van der Waals surface area contributed by atoms with Crippen LogP contribution in [-0.4, -0.2) is 15.2 Å². The summed E-state index contributed by atoms with van der Waals surface area (Å²) in [5, 5.41) is 7.25. The average molecular weight is 236 g/mol. The molecule has 1 aromatic carbocycles. The van der Waals surface area contributed by atoms with E-state index < -0.39 is 0 Å². The van der Waals surface area contributed by atoms with Crippen molar-refractivity contribution >= 4 is 11.6 Å². The summed E-state index contributed by atoms with van der Waals surface area (Å²) in [6.45, 7) is 2.10. The minimum atomic E-state index is 0.0719. The molecule has 2 rings (SSSR count). The quantitative estimate of drug-likeness (QED) is 0.821. The first-order valence-electron chi connectivity index (χ1n) is 4.90. The first-order valence-corrected chi connectivity index (χ1v) is 5.27. The van der Waals surface area contributed by atoms with Gasteiger partial charge in [-0.15, -0.1) is 5.10 Å². The highest BCUT2D eigenvalue weighted by Gasteiger charge is 2.00. The van der Waals surface area contributed by atoms with Crippen molar-refractivity contribution in [3.8, 4) is 11.6 Å². The molecule has 0 fully saturated rings. The Morgan fingerprint density at radius 3 is 2.62 bits per heavy atom. The van der Waals surface area contributed by atoms with Crippen molar-refractivity contribution in [2.45, 2.75) is 13.3 Å². The molecule has 0 N–H and O–H groups in total. The van der Waals surface area contributed by atoms with Crippen LogP contribution in [0, 0.1) is 0 Å². The van der Waals surface area contributed by atoms with Gasteiger partial charge in [-0.1, -0.05) is 19.1 Å². The molecule has 0 unspecified atom stereocenters. The van der Waals surface area contributed by atoms with E-state index in [0.29, 0.717) is 11.6 Å². The van der Waals surface area contributed by atoms with Crippen molar-refractivity contribution in [1.29, 1.82) is 0 Å². The fourth-order valence-electron chi connectivity index (χ4n) is 1.23. The van der Waals surface area contributed by atoms with E-state index in [1.54, 1.807) is 0 Å². The monoisotopic (exact) mass is 235 g/mol. The molecule has 4 nitrogen and oxygen atoms in total. The Balaban J connectivity index is 2.14. The first-order chi connectivity index (χ1) is 7.78. The third-order valence-electron chi connectivity index (χ3n) is 2.06. The molecule has 0 aliphatic rings. The van der Waals surface area contributed by atoms with Crippen LogP contribution in [0.4, 0.5) is 0 Å². The molecule has 16 heavy (non-hydrogen) atoms. The number of aryl methyl sites for hydroxylation is 1. The molecule has 1 aromatic heterocycles. The van der Waals surface area contributed by atoms with Gasteiger partial charge in [-0.2, -0.15) is 10.1 Å². The summed E-state index contributed by atoms with van der Waals surface area (Å²) >= 11 is 5.59. The molecule has 0 saturated heterocycles. The molecule has 5 heteroatoms. The number of ether oxygens (including phenoxy) is 1. The van der Waals surface area contributed by atoms with Gasteiger partial charge in [-0.25, -0.2) is 0 Å². The van der Waals surface area contributed by atoms with Crippen molar-refractivity contribution in [3.63, 3.8) is 0 Å². The normalized spacial score (nSPS) is 10.1. The van der Waals surface area contributed by atoms with Crippen molar-refractivity contribution in [3.05, 3.63) is 41.3 Å². The fourth-order valence-corrected chi connectivity index (χ4v) is 1.36. The second-order valence-corrected chi connectivity index (χ2v) is 3.50. The minimum Gasteiger partial charge on any atom is -0.437 e. The van der Waals surface area contributed by atoms with Crippen molar-refractivity contribution < 1.29 is 4.74 Å².